The highest BCUT2D eigenvalue weighted by molar-refractivity contribution is 6.13. The Hall–Kier alpha value is -5.60. The van der Waals surface area contributed by atoms with Crippen LogP contribution in [0.15, 0.2) is 144 Å². The van der Waals surface area contributed by atoms with Crippen LogP contribution >= 0.6 is 0 Å². The summed E-state index contributed by atoms with van der Waals surface area (Å²) in [5.41, 5.74) is 15.9. The monoisotopic (exact) mass is 617 g/mol. The molecule has 0 atom stereocenters. The average Bonchev–Trinajstić information content (AvgIpc) is 3.67. The van der Waals surface area contributed by atoms with E-state index in [9.17, 15) is 0 Å². The molecule has 0 radical (unpaired) electrons. The Bertz CT molecular complexity index is 2530. The lowest BCUT2D eigenvalue weighted by Crippen LogP contribution is -2.16. The van der Waals surface area contributed by atoms with E-state index in [4.69, 9.17) is 4.42 Å². The molecule has 0 N–H and O–H groups in total. The number of fused-ring (bicyclic) bond motifs is 10. The van der Waals surface area contributed by atoms with Crippen LogP contribution in [0, 0.1) is 0 Å². The molecule has 10 rings (SSSR count). The van der Waals surface area contributed by atoms with Crippen molar-refractivity contribution >= 4 is 49.8 Å². The fraction of sp³-hybridized carbons (Fsp3) is 0.130. The van der Waals surface area contributed by atoms with Gasteiger partial charge in [0.15, 0.2) is 0 Å². The van der Waals surface area contributed by atoms with E-state index in [2.05, 4.69) is 166 Å². The maximum atomic E-state index is 6.43. The van der Waals surface area contributed by atoms with E-state index in [-0.39, 0.29) is 10.8 Å². The van der Waals surface area contributed by atoms with Crippen LogP contribution in [0.3, 0.4) is 0 Å². The first-order valence-electron chi connectivity index (χ1n) is 16.9. The van der Waals surface area contributed by atoms with E-state index in [0.29, 0.717) is 0 Å². The minimum Gasteiger partial charge on any atom is -0.456 e. The Labute approximate surface area is 280 Å². The number of para-hydroxylation sites is 1. The molecular formula is C46H35NO. The van der Waals surface area contributed by atoms with Crippen LogP contribution in [0.4, 0.5) is 17.1 Å². The molecule has 1 aromatic heterocycles. The van der Waals surface area contributed by atoms with Gasteiger partial charge in [0.25, 0.3) is 0 Å². The summed E-state index contributed by atoms with van der Waals surface area (Å²) in [6.45, 7) is 9.38. The summed E-state index contributed by atoms with van der Waals surface area (Å²) >= 11 is 0. The van der Waals surface area contributed by atoms with Crippen molar-refractivity contribution in [2.45, 2.75) is 38.5 Å². The van der Waals surface area contributed by atoms with Crippen molar-refractivity contribution in [3.63, 3.8) is 0 Å². The number of hydrogen-bond acceptors (Lipinski definition) is 2. The Balaban J connectivity index is 1.25. The lowest BCUT2D eigenvalue weighted by Gasteiger charge is -2.29. The summed E-state index contributed by atoms with van der Waals surface area (Å²) in [4.78, 5) is 2.46. The molecule has 0 unspecified atom stereocenters. The first-order valence-corrected chi connectivity index (χ1v) is 16.9. The van der Waals surface area contributed by atoms with E-state index in [1.807, 2.05) is 6.07 Å². The Morgan fingerprint density at radius 1 is 0.417 bits per heavy atom. The summed E-state index contributed by atoms with van der Waals surface area (Å²) in [6.07, 6.45) is 0. The number of hydrogen-bond donors (Lipinski definition) is 0. The summed E-state index contributed by atoms with van der Waals surface area (Å²) < 4.78 is 6.43. The zero-order chi connectivity index (χ0) is 32.4. The molecule has 0 saturated heterocycles. The minimum atomic E-state index is -0.0511. The minimum absolute atomic E-state index is 0.0511. The van der Waals surface area contributed by atoms with Crippen molar-refractivity contribution in [2.75, 3.05) is 4.90 Å². The molecule has 0 amide bonds. The predicted molar refractivity (Wildman–Crippen MR) is 201 cm³/mol. The van der Waals surface area contributed by atoms with Crippen LogP contribution in [-0.2, 0) is 10.8 Å². The predicted octanol–water partition coefficient (Wildman–Crippen LogP) is 12.8. The molecule has 230 valence electrons. The van der Waals surface area contributed by atoms with Crippen LogP contribution in [-0.4, -0.2) is 0 Å². The number of benzene rings is 7. The van der Waals surface area contributed by atoms with Gasteiger partial charge in [-0.25, -0.2) is 0 Å². The van der Waals surface area contributed by atoms with Crippen molar-refractivity contribution in [1.82, 2.24) is 0 Å². The van der Waals surface area contributed by atoms with Crippen LogP contribution < -0.4 is 4.90 Å². The molecular weight excluding hydrogens is 583 g/mol. The van der Waals surface area contributed by atoms with E-state index in [0.717, 1.165) is 44.4 Å². The van der Waals surface area contributed by atoms with Crippen LogP contribution in [0.5, 0.6) is 0 Å². The zero-order valence-corrected chi connectivity index (χ0v) is 27.6. The second kappa shape index (κ2) is 9.49. The Morgan fingerprint density at radius 2 is 0.979 bits per heavy atom. The smallest absolute Gasteiger partial charge is 0.136 e. The van der Waals surface area contributed by atoms with Crippen LogP contribution in [0.1, 0.15) is 49.9 Å². The number of nitrogens with zero attached hydrogens (tertiary/aromatic N) is 1. The highest BCUT2D eigenvalue weighted by atomic mass is 16.3. The van der Waals surface area contributed by atoms with Gasteiger partial charge in [-0.15, -0.1) is 0 Å². The number of furan rings is 1. The summed E-state index contributed by atoms with van der Waals surface area (Å²) in [6, 6.07) is 51.5. The summed E-state index contributed by atoms with van der Waals surface area (Å²) in [5.74, 6) is 0. The van der Waals surface area contributed by atoms with Gasteiger partial charge in [-0.05, 0) is 98.4 Å². The normalized spacial score (nSPS) is 15.0. The third-order valence-corrected chi connectivity index (χ3v) is 11.2. The quantitative estimate of drug-likeness (QED) is 0.196. The van der Waals surface area contributed by atoms with Gasteiger partial charge in [0, 0.05) is 38.4 Å². The van der Waals surface area contributed by atoms with Crippen molar-refractivity contribution in [1.29, 1.82) is 0 Å². The molecule has 2 aliphatic rings. The Kier molecular flexibility index (Phi) is 5.44. The number of anilines is 3. The van der Waals surface area contributed by atoms with Crippen LogP contribution in [0.2, 0.25) is 0 Å². The van der Waals surface area contributed by atoms with E-state index >= 15 is 0 Å². The molecule has 0 spiro atoms. The topological polar surface area (TPSA) is 16.4 Å². The first kappa shape index (κ1) is 27.5. The molecule has 0 aliphatic heterocycles. The fourth-order valence-electron chi connectivity index (χ4n) is 8.80. The molecule has 8 aromatic rings. The second-order valence-corrected chi connectivity index (χ2v) is 14.6. The molecule has 2 nitrogen and oxygen atoms in total. The molecule has 7 aromatic carbocycles. The Morgan fingerprint density at radius 3 is 1.62 bits per heavy atom. The van der Waals surface area contributed by atoms with E-state index < -0.39 is 0 Å². The van der Waals surface area contributed by atoms with Crippen molar-refractivity contribution in [3.05, 3.63) is 162 Å². The maximum absolute atomic E-state index is 6.43. The molecule has 2 heteroatoms. The first-order chi connectivity index (χ1) is 23.3. The van der Waals surface area contributed by atoms with Gasteiger partial charge in [-0.3, -0.25) is 0 Å². The highest BCUT2D eigenvalue weighted by Crippen LogP contribution is 2.53. The maximum Gasteiger partial charge on any atom is 0.136 e. The third-order valence-electron chi connectivity index (χ3n) is 11.2. The second-order valence-electron chi connectivity index (χ2n) is 14.6. The van der Waals surface area contributed by atoms with Gasteiger partial charge < -0.3 is 9.32 Å². The van der Waals surface area contributed by atoms with E-state index in [1.165, 1.54) is 49.9 Å². The van der Waals surface area contributed by atoms with Gasteiger partial charge in [0.2, 0.25) is 0 Å². The lowest BCUT2D eigenvalue weighted by molar-refractivity contribution is 0.660. The molecule has 1 heterocycles. The van der Waals surface area contributed by atoms with Gasteiger partial charge >= 0.3 is 0 Å². The van der Waals surface area contributed by atoms with Crippen molar-refractivity contribution in [3.8, 4) is 22.3 Å². The molecule has 2 aliphatic carbocycles. The average molecular weight is 618 g/mol. The summed E-state index contributed by atoms with van der Waals surface area (Å²) in [7, 11) is 0. The number of rotatable bonds is 3. The molecule has 0 fully saturated rings. The van der Waals surface area contributed by atoms with E-state index in [1.54, 1.807) is 0 Å². The largest absolute Gasteiger partial charge is 0.456 e. The van der Waals surface area contributed by atoms with Crippen molar-refractivity contribution in [2.24, 2.45) is 0 Å². The summed E-state index contributed by atoms with van der Waals surface area (Å²) in [5, 5.41) is 4.65. The van der Waals surface area contributed by atoms with Gasteiger partial charge in [-0.1, -0.05) is 119 Å². The fourth-order valence-corrected chi connectivity index (χ4v) is 8.80. The van der Waals surface area contributed by atoms with Gasteiger partial charge in [-0.2, -0.15) is 0 Å². The van der Waals surface area contributed by atoms with Crippen molar-refractivity contribution < 1.29 is 4.42 Å². The van der Waals surface area contributed by atoms with Gasteiger partial charge in [0.05, 0.1) is 5.69 Å². The molecule has 0 bridgehead atoms. The van der Waals surface area contributed by atoms with Gasteiger partial charge in [0.1, 0.15) is 11.2 Å². The molecule has 48 heavy (non-hydrogen) atoms. The molecule has 0 saturated carbocycles. The lowest BCUT2D eigenvalue weighted by atomic mass is 9.82. The third kappa shape index (κ3) is 3.63. The van der Waals surface area contributed by atoms with Crippen LogP contribution in [0.25, 0.3) is 55.0 Å². The highest BCUT2D eigenvalue weighted by Gasteiger charge is 2.37. The zero-order valence-electron chi connectivity index (χ0n) is 27.6. The standard InChI is InChI=1S/C46H35NO/c1-45(2)38-16-8-5-13-31(38)35-25-29(20-22-40(35)45)47(30-21-23-41-36(26-30)32-14-6-9-17-39(32)46(41,3)4)42-18-11-12-28-24-37-33-15-7-10-19-43(33)48-44(37)27-34(28)42/h5-27H,1-4H3. The SMILES string of the molecule is CC1(C)c2ccccc2-c2cc(N(c3ccc4c(c3)-c3ccccc3C4(C)C)c3cccc4cc5c(cc34)oc3ccccc35)ccc21.